The minimum atomic E-state index is -1.15. The average Bonchev–Trinajstić information content (AvgIpc) is 2.58. The summed E-state index contributed by atoms with van der Waals surface area (Å²) in [6.07, 6.45) is 0.404. The topological polar surface area (TPSA) is 86.6 Å². The van der Waals surface area contributed by atoms with E-state index >= 15 is 0 Å². The lowest BCUT2D eigenvalue weighted by Gasteiger charge is -2.05. The molecule has 1 amide bonds. The summed E-state index contributed by atoms with van der Waals surface area (Å²) in [4.78, 5) is 21.6. The van der Waals surface area contributed by atoms with Crippen LogP contribution < -0.4 is 5.32 Å². The van der Waals surface area contributed by atoms with Gasteiger partial charge in [-0.05, 0) is 19.9 Å². The highest BCUT2D eigenvalue weighted by Crippen LogP contribution is 2.26. The van der Waals surface area contributed by atoms with Crippen LogP contribution in [-0.4, -0.2) is 28.2 Å². The van der Waals surface area contributed by atoms with E-state index in [1.54, 1.807) is 0 Å². The number of carbonyl (C=O) groups excluding carboxylic acids is 1. The van der Waals surface area contributed by atoms with E-state index in [-0.39, 0.29) is 10.6 Å². The molecule has 1 aromatic rings. The molecule has 6 heteroatoms. The molecule has 0 atom stereocenters. The average molecular weight is 253 g/mol. The van der Waals surface area contributed by atoms with Crippen molar-refractivity contribution in [2.24, 2.45) is 0 Å². The predicted octanol–water partition coefficient (Wildman–Crippen LogP) is 1.14. The van der Waals surface area contributed by atoms with Gasteiger partial charge in [0.05, 0.1) is 10.6 Å². The predicted molar refractivity (Wildman–Crippen MR) is 64.1 cm³/mol. The van der Waals surface area contributed by atoms with Crippen LogP contribution in [0.1, 0.15) is 28.4 Å². The van der Waals surface area contributed by atoms with Gasteiger partial charge in [0, 0.05) is 0 Å². The first-order chi connectivity index (χ1) is 7.83. The van der Waals surface area contributed by atoms with Crippen LogP contribution in [0.3, 0.4) is 0 Å². The van der Waals surface area contributed by atoms with Crippen LogP contribution in [0, 0.1) is 11.8 Å². The molecule has 0 saturated carbocycles. The van der Waals surface area contributed by atoms with Gasteiger partial charge in [-0.2, -0.15) is 0 Å². The maximum atomic E-state index is 10.9. The molecular weight excluding hydrogens is 242 g/mol. The Kier molecular flexibility index (Phi) is 3.89. The van der Waals surface area contributed by atoms with Crippen molar-refractivity contribution < 1.29 is 19.8 Å². The van der Waals surface area contributed by atoms with E-state index < -0.39 is 11.6 Å². The van der Waals surface area contributed by atoms with Crippen LogP contribution in [0.5, 0.6) is 0 Å². The number of aliphatic hydroxyl groups is 1. The second-order valence-corrected chi connectivity index (χ2v) is 4.78. The highest BCUT2D eigenvalue weighted by atomic mass is 32.1. The molecule has 1 heterocycles. The largest absolute Gasteiger partial charge is 0.477 e. The van der Waals surface area contributed by atoms with Crippen molar-refractivity contribution >= 4 is 29.4 Å². The van der Waals surface area contributed by atoms with Crippen molar-refractivity contribution in [2.75, 3.05) is 5.32 Å². The fraction of sp³-hybridized carbons (Fsp3) is 0.273. The van der Waals surface area contributed by atoms with Crippen molar-refractivity contribution in [1.29, 1.82) is 0 Å². The molecule has 0 fully saturated rings. The molecule has 0 saturated heterocycles. The Morgan fingerprint density at radius 1 is 1.59 bits per heavy atom. The lowest BCUT2D eigenvalue weighted by Crippen LogP contribution is -2.14. The number of carboxylic acid groups (broad SMARTS) is 1. The second-order valence-electron chi connectivity index (χ2n) is 3.73. The lowest BCUT2D eigenvalue weighted by molar-refractivity contribution is -0.105. The summed E-state index contributed by atoms with van der Waals surface area (Å²) in [7, 11) is 0. The minimum Gasteiger partial charge on any atom is -0.477 e. The van der Waals surface area contributed by atoms with E-state index in [0.29, 0.717) is 11.3 Å². The number of carbonyl (C=O) groups is 2. The summed E-state index contributed by atoms with van der Waals surface area (Å²) in [6, 6.07) is 1.46. The number of amides is 1. The van der Waals surface area contributed by atoms with Gasteiger partial charge in [-0.3, -0.25) is 4.79 Å². The molecule has 0 aliphatic carbocycles. The summed E-state index contributed by atoms with van der Waals surface area (Å²) in [5.74, 6) is 4.10. The van der Waals surface area contributed by atoms with Gasteiger partial charge in [0.1, 0.15) is 10.5 Å². The molecule has 1 rings (SSSR count). The quantitative estimate of drug-likeness (QED) is 0.557. The van der Waals surface area contributed by atoms with Gasteiger partial charge in [-0.15, -0.1) is 11.3 Å². The third-order valence-electron chi connectivity index (χ3n) is 1.63. The molecule has 90 valence electrons. The van der Waals surface area contributed by atoms with Crippen LogP contribution in [0.4, 0.5) is 5.69 Å². The van der Waals surface area contributed by atoms with Crippen molar-refractivity contribution in [3.05, 3.63) is 15.8 Å². The summed E-state index contributed by atoms with van der Waals surface area (Å²) in [6.45, 7) is 3.05. The molecule has 1 aromatic heterocycles. The molecule has 0 aliphatic rings. The van der Waals surface area contributed by atoms with Crippen molar-refractivity contribution in [3.63, 3.8) is 0 Å². The van der Waals surface area contributed by atoms with Gasteiger partial charge >= 0.3 is 5.97 Å². The first kappa shape index (κ1) is 13.2. The number of carboxylic acids is 1. The Hall–Kier alpha value is -1.84. The summed E-state index contributed by atoms with van der Waals surface area (Å²) in [5.41, 5.74) is -0.941. The Morgan fingerprint density at radius 2 is 2.24 bits per heavy atom. The van der Waals surface area contributed by atoms with E-state index in [4.69, 9.17) is 5.11 Å². The molecule has 5 nitrogen and oxygen atoms in total. The molecule has 0 radical (unpaired) electrons. The number of rotatable bonds is 3. The fourth-order valence-electron chi connectivity index (χ4n) is 0.997. The monoisotopic (exact) mass is 253 g/mol. The third-order valence-corrected chi connectivity index (χ3v) is 2.67. The number of nitrogens with one attached hydrogen (secondary N) is 1. The molecule has 0 aliphatic heterocycles. The van der Waals surface area contributed by atoms with Gasteiger partial charge in [0.15, 0.2) is 0 Å². The highest BCUT2D eigenvalue weighted by molar-refractivity contribution is 7.15. The highest BCUT2D eigenvalue weighted by Gasteiger charge is 2.14. The SMILES string of the molecule is CC(C)(O)C#Cc1cc(NC=O)c(C(=O)O)s1. The van der Waals surface area contributed by atoms with E-state index in [0.717, 1.165) is 11.3 Å². The fourth-order valence-corrected chi connectivity index (χ4v) is 1.81. The Morgan fingerprint density at radius 3 is 2.71 bits per heavy atom. The van der Waals surface area contributed by atoms with Crippen molar-refractivity contribution in [2.45, 2.75) is 19.4 Å². The van der Waals surface area contributed by atoms with Gasteiger partial charge in [-0.1, -0.05) is 11.8 Å². The van der Waals surface area contributed by atoms with Gasteiger partial charge in [-0.25, -0.2) is 4.79 Å². The van der Waals surface area contributed by atoms with E-state index in [9.17, 15) is 14.7 Å². The number of aromatic carboxylic acids is 1. The van der Waals surface area contributed by atoms with Gasteiger partial charge < -0.3 is 15.5 Å². The second kappa shape index (κ2) is 4.99. The zero-order valence-corrected chi connectivity index (χ0v) is 10.1. The number of thiophene rings is 1. The molecule has 17 heavy (non-hydrogen) atoms. The molecule has 0 aromatic carbocycles. The van der Waals surface area contributed by atoms with Crippen LogP contribution >= 0.6 is 11.3 Å². The van der Waals surface area contributed by atoms with Gasteiger partial charge in [0.25, 0.3) is 0 Å². The van der Waals surface area contributed by atoms with Crippen LogP contribution in [0.15, 0.2) is 6.07 Å². The van der Waals surface area contributed by atoms with E-state index in [1.807, 2.05) is 0 Å². The Labute approximate surface area is 102 Å². The molecule has 3 N–H and O–H groups in total. The summed E-state index contributed by atoms with van der Waals surface area (Å²) < 4.78 is 0. The van der Waals surface area contributed by atoms with E-state index in [1.165, 1.54) is 19.9 Å². The summed E-state index contributed by atoms with van der Waals surface area (Å²) in [5, 5.41) is 20.6. The zero-order valence-electron chi connectivity index (χ0n) is 9.27. The standard InChI is InChI=1S/C11H11NO4S/c1-11(2,16)4-3-7-5-8(12-6-13)9(17-7)10(14)15/h5-6,16H,1-2H3,(H,12,13)(H,14,15). The first-order valence-electron chi connectivity index (χ1n) is 4.66. The Balaban J connectivity index is 3.11. The normalized spacial score (nSPS) is 10.3. The molecular formula is C11H11NO4S. The molecule has 0 spiro atoms. The van der Waals surface area contributed by atoms with Crippen molar-refractivity contribution in [3.8, 4) is 11.8 Å². The lowest BCUT2D eigenvalue weighted by atomic mass is 10.1. The molecule has 0 bridgehead atoms. The van der Waals surface area contributed by atoms with Gasteiger partial charge in [0.2, 0.25) is 6.41 Å². The number of hydrogen-bond acceptors (Lipinski definition) is 4. The third kappa shape index (κ3) is 3.90. The minimum absolute atomic E-state index is 0.0112. The van der Waals surface area contributed by atoms with Crippen molar-refractivity contribution in [1.82, 2.24) is 0 Å². The smallest absolute Gasteiger partial charge is 0.348 e. The Bertz CT molecular complexity index is 502. The van der Waals surface area contributed by atoms with E-state index in [2.05, 4.69) is 17.2 Å². The zero-order chi connectivity index (χ0) is 13.1. The van der Waals surface area contributed by atoms with Crippen LogP contribution in [0.25, 0.3) is 0 Å². The number of anilines is 1. The molecule has 0 unspecified atom stereocenters. The summed E-state index contributed by atoms with van der Waals surface area (Å²) >= 11 is 0.943. The maximum Gasteiger partial charge on any atom is 0.348 e. The van der Waals surface area contributed by atoms with Crippen LogP contribution in [0.2, 0.25) is 0 Å². The first-order valence-corrected chi connectivity index (χ1v) is 5.48. The number of hydrogen-bond donors (Lipinski definition) is 3. The maximum absolute atomic E-state index is 10.9. The van der Waals surface area contributed by atoms with Crippen LogP contribution in [-0.2, 0) is 4.79 Å².